The Morgan fingerprint density at radius 1 is 1.12 bits per heavy atom. The average molecular weight is 215 g/mol. The summed E-state index contributed by atoms with van der Waals surface area (Å²) < 4.78 is 0. The predicted octanol–water partition coefficient (Wildman–Crippen LogP) is 4.89. The summed E-state index contributed by atoms with van der Waals surface area (Å²) in [6.45, 7) is 3.91. The van der Waals surface area contributed by atoms with Crippen molar-refractivity contribution in [2.45, 2.75) is 57.3 Å². The van der Waals surface area contributed by atoms with E-state index in [1.165, 1.54) is 50.5 Å². The molecule has 0 saturated heterocycles. The third-order valence-electron chi connectivity index (χ3n) is 3.74. The van der Waals surface area contributed by atoms with Crippen LogP contribution in [0.4, 0.5) is 0 Å². The van der Waals surface area contributed by atoms with E-state index in [1.54, 1.807) is 5.56 Å². The topological polar surface area (TPSA) is 0 Å². The van der Waals surface area contributed by atoms with Gasteiger partial charge in [-0.05, 0) is 42.7 Å². The molecule has 0 amide bonds. The molecule has 0 unspecified atom stereocenters. The Bertz CT molecular complexity index is 308. The van der Waals surface area contributed by atoms with Crippen LogP contribution in [0, 0.1) is 6.92 Å². The lowest BCUT2D eigenvalue weighted by molar-refractivity contribution is 0.443. The first-order valence-electron chi connectivity index (χ1n) is 6.78. The van der Waals surface area contributed by atoms with Gasteiger partial charge >= 0.3 is 0 Å². The fourth-order valence-corrected chi connectivity index (χ4v) is 2.77. The molecule has 0 aliphatic heterocycles. The van der Waals surface area contributed by atoms with Crippen molar-refractivity contribution >= 4 is 0 Å². The summed E-state index contributed by atoms with van der Waals surface area (Å²) in [7, 11) is 0. The number of unbranched alkanes of at least 4 members (excludes halogenated alkanes) is 1. The second-order valence-corrected chi connectivity index (χ2v) is 5.04. The molecule has 1 aromatic carbocycles. The lowest BCUT2D eigenvalue weighted by atomic mass is 9.83. The van der Waals surface area contributed by atoms with Crippen LogP contribution in [0.5, 0.6) is 0 Å². The summed E-state index contributed by atoms with van der Waals surface area (Å²) in [6, 6.07) is 9.26. The molecule has 0 spiro atoms. The van der Waals surface area contributed by atoms with Crippen LogP contribution in [-0.4, -0.2) is 0 Å². The van der Waals surface area contributed by atoms with Crippen LogP contribution in [0.15, 0.2) is 24.3 Å². The van der Waals surface area contributed by atoms with Crippen molar-refractivity contribution in [1.29, 1.82) is 0 Å². The number of hydrogen-bond donors (Lipinski definition) is 0. The van der Waals surface area contributed by atoms with Crippen molar-refractivity contribution in [2.75, 3.05) is 0 Å². The summed E-state index contributed by atoms with van der Waals surface area (Å²) >= 11 is 0. The molecule has 2 rings (SSSR count). The van der Waals surface area contributed by atoms with Crippen LogP contribution in [0.3, 0.4) is 0 Å². The first-order valence-corrected chi connectivity index (χ1v) is 6.78. The molecule has 0 heterocycles. The quantitative estimate of drug-likeness (QED) is 0.670. The van der Waals surface area contributed by atoms with Crippen molar-refractivity contribution in [2.24, 2.45) is 0 Å². The zero-order valence-corrected chi connectivity index (χ0v) is 10.3. The molecule has 0 aromatic heterocycles. The lowest BCUT2D eigenvalue weighted by Gasteiger charge is -2.22. The van der Waals surface area contributed by atoms with Crippen LogP contribution >= 0.6 is 0 Å². The SMILES string of the molecule is [CH2]CCCc1cccc(C2CCCCC2)c1. The maximum absolute atomic E-state index is 3.91. The fourth-order valence-electron chi connectivity index (χ4n) is 2.77. The van der Waals surface area contributed by atoms with Gasteiger partial charge in [0.15, 0.2) is 0 Å². The minimum absolute atomic E-state index is 0.841. The average Bonchev–Trinajstić information content (AvgIpc) is 2.38. The monoisotopic (exact) mass is 215 g/mol. The molecule has 0 heteroatoms. The standard InChI is InChI=1S/C16H23/c1-2-3-8-14-9-7-12-16(13-14)15-10-5-4-6-11-15/h7,9,12-13,15H,1-6,8,10-11H2. The van der Waals surface area contributed by atoms with E-state index in [4.69, 9.17) is 0 Å². The highest BCUT2D eigenvalue weighted by atomic mass is 14.2. The third kappa shape index (κ3) is 3.10. The van der Waals surface area contributed by atoms with Crippen LogP contribution < -0.4 is 0 Å². The van der Waals surface area contributed by atoms with E-state index in [1.807, 2.05) is 0 Å². The Labute approximate surface area is 100 Å². The third-order valence-corrected chi connectivity index (χ3v) is 3.74. The van der Waals surface area contributed by atoms with Gasteiger partial charge in [0.25, 0.3) is 0 Å². The molecular weight excluding hydrogens is 192 g/mol. The predicted molar refractivity (Wildman–Crippen MR) is 70.6 cm³/mol. The van der Waals surface area contributed by atoms with Crippen molar-refractivity contribution in [1.82, 2.24) is 0 Å². The lowest BCUT2D eigenvalue weighted by Crippen LogP contribution is -2.04. The maximum atomic E-state index is 3.91. The minimum Gasteiger partial charge on any atom is -0.0617 e. The first kappa shape index (κ1) is 11.7. The molecule has 1 radical (unpaired) electrons. The Morgan fingerprint density at radius 2 is 1.94 bits per heavy atom. The van der Waals surface area contributed by atoms with E-state index >= 15 is 0 Å². The molecule has 0 nitrogen and oxygen atoms in total. The van der Waals surface area contributed by atoms with Crippen molar-refractivity contribution in [3.8, 4) is 0 Å². The van der Waals surface area contributed by atoms with Gasteiger partial charge in [-0.1, -0.05) is 56.9 Å². The van der Waals surface area contributed by atoms with E-state index in [0.29, 0.717) is 0 Å². The Morgan fingerprint density at radius 3 is 2.69 bits per heavy atom. The summed E-state index contributed by atoms with van der Waals surface area (Å²) in [6.07, 6.45) is 10.6. The smallest absolute Gasteiger partial charge is 0.0162 e. The molecule has 0 atom stereocenters. The van der Waals surface area contributed by atoms with Gasteiger partial charge < -0.3 is 0 Å². The van der Waals surface area contributed by atoms with Gasteiger partial charge in [-0.3, -0.25) is 0 Å². The normalized spacial score (nSPS) is 17.6. The number of hydrogen-bond acceptors (Lipinski definition) is 0. The van der Waals surface area contributed by atoms with E-state index < -0.39 is 0 Å². The van der Waals surface area contributed by atoms with Gasteiger partial charge in [-0.15, -0.1) is 0 Å². The summed E-state index contributed by atoms with van der Waals surface area (Å²) in [5, 5.41) is 0. The van der Waals surface area contributed by atoms with Gasteiger partial charge in [0.1, 0.15) is 0 Å². The zero-order valence-electron chi connectivity index (χ0n) is 10.3. The molecule has 0 bridgehead atoms. The van der Waals surface area contributed by atoms with Gasteiger partial charge in [0.2, 0.25) is 0 Å². The second kappa shape index (κ2) is 6.08. The van der Waals surface area contributed by atoms with Gasteiger partial charge in [-0.2, -0.15) is 0 Å². The van der Waals surface area contributed by atoms with E-state index in [2.05, 4.69) is 31.2 Å². The first-order chi connectivity index (χ1) is 7.90. The molecule has 87 valence electrons. The Balaban J connectivity index is 2.02. The fraction of sp³-hybridized carbons (Fsp3) is 0.562. The van der Waals surface area contributed by atoms with Crippen LogP contribution in [0.1, 0.15) is 62.0 Å². The summed E-state index contributed by atoms with van der Waals surface area (Å²) in [4.78, 5) is 0. The molecule has 1 aliphatic rings. The van der Waals surface area contributed by atoms with E-state index in [0.717, 1.165) is 12.3 Å². The van der Waals surface area contributed by atoms with Gasteiger partial charge in [0, 0.05) is 0 Å². The van der Waals surface area contributed by atoms with Gasteiger partial charge in [-0.25, -0.2) is 0 Å². The Hall–Kier alpha value is -0.780. The Kier molecular flexibility index (Phi) is 4.44. The zero-order chi connectivity index (χ0) is 11.2. The molecule has 1 saturated carbocycles. The second-order valence-electron chi connectivity index (χ2n) is 5.04. The molecular formula is C16H23. The molecule has 1 fully saturated rings. The number of rotatable bonds is 4. The van der Waals surface area contributed by atoms with Crippen molar-refractivity contribution in [3.63, 3.8) is 0 Å². The van der Waals surface area contributed by atoms with Crippen LogP contribution in [-0.2, 0) is 6.42 Å². The van der Waals surface area contributed by atoms with E-state index in [-0.39, 0.29) is 0 Å². The molecule has 1 aliphatic carbocycles. The highest BCUT2D eigenvalue weighted by Crippen LogP contribution is 2.32. The minimum atomic E-state index is 0.841. The molecule has 1 aromatic rings. The number of aryl methyl sites for hydroxylation is 1. The highest BCUT2D eigenvalue weighted by Gasteiger charge is 2.15. The largest absolute Gasteiger partial charge is 0.0617 e. The van der Waals surface area contributed by atoms with Crippen LogP contribution in [0.25, 0.3) is 0 Å². The van der Waals surface area contributed by atoms with Crippen molar-refractivity contribution < 1.29 is 0 Å². The van der Waals surface area contributed by atoms with Crippen LogP contribution in [0.2, 0.25) is 0 Å². The van der Waals surface area contributed by atoms with Gasteiger partial charge in [0.05, 0.1) is 0 Å². The number of benzene rings is 1. The van der Waals surface area contributed by atoms with Crippen molar-refractivity contribution in [3.05, 3.63) is 42.3 Å². The summed E-state index contributed by atoms with van der Waals surface area (Å²) in [5.41, 5.74) is 3.09. The van der Waals surface area contributed by atoms with E-state index in [9.17, 15) is 0 Å². The molecule has 16 heavy (non-hydrogen) atoms. The molecule has 0 N–H and O–H groups in total. The highest BCUT2D eigenvalue weighted by molar-refractivity contribution is 5.26. The summed E-state index contributed by atoms with van der Waals surface area (Å²) in [5.74, 6) is 0.841. The maximum Gasteiger partial charge on any atom is -0.0162 e.